The van der Waals surface area contributed by atoms with Crippen molar-refractivity contribution in [1.82, 2.24) is 9.97 Å². The van der Waals surface area contributed by atoms with Gasteiger partial charge in [-0.15, -0.1) is 0 Å². The minimum atomic E-state index is -0.593. The molecule has 21 heavy (non-hydrogen) atoms. The summed E-state index contributed by atoms with van der Waals surface area (Å²) in [7, 11) is 0. The lowest BCUT2D eigenvalue weighted by atomic mass is 9.80. The molecule has 0 unspecified atom stereocenters. The second-order valence-corrected chi connectivity index (χ2v) is 6.69. The van der Waals surface area contributed by atoms with Crippen molar-refractivity contribution >= 4 is 5.82 Å². The third kappa shape index (κ3) is 3.52. The number of aryl methyl sites for hydroxylation is 1. The van der Waals surface area contributed by atoms with Gasteiger partial charge in [0.1, 0.15) is 11.6 Å². The van der Waals surface area contributed by atoms with Crippen molar-refractivity contribution in [2.75, 3.05) is 11.9 Å². The molecule has 0 bridgehead atoms. The lowest BCUT2D eigenvalue weighted by molar-refractivity contribution is 0.0166. The van der Waals surface area contributed by atoms with Crippen LogP contribution in [0, 0.1) is 6.92 Å². The molecule has 0 aromatic carbocycles. The van der Waals surface area contributed by atoms with Gasteiger partial charge in [0.2, 0.25) is 0 Å². The summed E-state index contributed by atoms with van der Waals surface area (Å²) >= 11 is 0. The van der Waals surface area contributed by atoms with Crippen LogP contribution >= 0.6 is 0 Å². The number of aliphatic hydroxyl groups is 2. The Balaban J connectivity index is 1.64. The highest BCUT2D eigenvalue weighted by atomic mass is 16.3. The highest BCUT2D eigenvalue weighted by molar-refractivity contribution is 5.38. The van der Waals surface area contributed by atoms with Crippen molar-refractivity contribution in [3.63, 3.8) is 0 Å². The van der Waals surface area contributed by atoms with E-state index in [1.165, 1.54) is 6.42 Å². The molecule has 2 saturated carbocycles. The Morgan fingerprint density at radius 3 is 2.62 bits per heavy atom. The van der Waals surface area contributed by atoms with E-state index >= 15 is 0 Å². The Kier molecular flexibility index (Phi) is 4.13. The molecule has 2 aliphatic rings. The van der Waals surface area contributed by atoms with Crippen molar-refractivity contribution < 1.29 is 10.2 Å². The third-order valence-electron chi connectivity index (χ3n) is 4.77. The number of nitrogens with one attached hydrogen (secondary N) is 1. The lowest BCUT2D eigenvalue weighted by Gasteiger charge is -2.33. The summed E-state index contributed by atoms with van der Waals surface area (Å²) in [6.45, 7) is 2.44. The predicted octanol–water partition coefficient (Wildman–Crippen LogP) is 2.13. The molecule has 0 atom stereocenters. The average molecular weight is 291 g/mol. The van der Waals surface area contributed by atoms with Gasteiger partial charge in [-0.1, -0.05) is 19.3 Å². The summed E-state index contributed by atoms with van der Waals surface area (Å²) in [5.74, 6) is 1.88. The Bertz CT molecular complexity index is 494. The minimum Gasteiger partial charge on any atom is -0.393 e. The van der Waals surface area contributed by atoms with Gasteiger partial charge in [-0.05, 0) is 32.6 Å². The molecule has 0 saturated heterocycles. The summed E-state index contributed by atoms with van der Waals surface area (Å²) in [6, 6.07) is 1.97. The highest BCUT2D eigenvalue weighted by Crippen LogP contribution is 2.36. The molecule has 2 aliphatic carbocycles. The summed E-state index contributed by atoms with van der Waals surface area (Å²) in [5.41, 5.74) is 0.412. The fraction of sp³-hybridized carbons (Fsp3) is 0.750. The first-order chi connectivity index (χ1) is 10.0. The standard InChI is InChI=1S/C16H25N3O2/c1-11-18-14(12-7-13(20)8-12)9-15(19-11)17-10-16(21)5-3-2-4-6-16/h9,12-13,20-21H,2-8,10H2,1H3,(H,17,18,19). The zero-order chi connectivity index (χ0) is 14.9. The number of rotatable bonds is 4. The van der Waals surface area contributed by atoms with Crippen molar-refractivity contribution in [1.29, 1.82) is 0 Å². The van der Waals surface area contributed by atoms with Crippen molar-refractivity contribution in [3.8, 4) is 0 Å². The molecule has 0 amide bonds. The maximum atomic E-state index is 10.5. The van der Waals surface area contributed by atoms with Gasteiger partial charge in [0, 0.05) is 24.2 Å². The van der Waals surface area contributed by atoms with E-state index in [9.17, 15) is 10.2 Å². The van der Waals surface area contributed by atoms with Gasteiger partial charge in [-0.25, -0.2) is 9.97 Å². The number of hydrogen-bond acceptors (Lipinski definition) is 5. The van der Waals surface area contributed by atoms with Crippen molar-refractivity contribution in [3.05, 3.63) is 17.6 Å². The maximum Gasteiger partial charge on any atom is 0.130 e. The topological polar surface area (TPSA) is 78.3 Å². The van der Waals surface area contributed by atoms with Gasteiger partial charge in [0.05, 0.1) is 11.7 Å². The SMILES string of the molecule is Cc1nc(NCC2(O)CCCCC2)cc(C2CC(O)C2)n1. The molecular weight excluding hydrogens is 266 g/mol. The Morgan fingerprint density at radius 1 is 1.24 bits per heavy atom. The fourth-order valence-corrected chi connectivity index (χ4v) is 3.36. The highest BCUT2D eigenvalue weighted by Gasteiger charge is 2.31. The first-order valence-electron chi connectivity index (χ1n) is 8.04. The molecule has 1 aromatic heterocycles. The second-order valence-electron chi connectivity index (χ2n) is 6.69. The summed E-state index contributed by atoms with van der Waals surface area (Å²) in [5, 5.41) is 23.3. The first kappa shape index (κ1) is 14.7. The number of aliphatic hydroxyl groups excluding tert-OH is 1. The van der Waals surface area contributed by atoms with Crippen LogP contribution in [0.4, 0.5) is 5.82 Å². The van der Waals surface area contributed by atoms with E-state index in [2.05, 4.69) is 15.3 Å². The fourth-order valence-electron chi connectivity index (χ4n) is 3.36. The Labute approximate surface area is 125 Å². The molecule has 3 rings (SSSR count). The molecule has 1 heterocycles. The molecule has 5 heteroatoms. The summed E-state index contributed by atoms with van der Waals surface area (Å²) < 4.78 is 0. The van der Waals surface area contributed by atoms with Crippen LogP contribution in [0.2, 0.25) is 0 Å². The molecule has 0 spiro atoms. The third-order valence-corrected chi connectivity index (χ3v) is 4.77. The van der Waals surface area contributed by atoms with Gasteiger partial charge >= 0.3 is 0 Å². The molecule has 0 aliphatic heterocycles. The summed E-state index contributed by atoms with van der Waals surface area (Å²) in [4.78, 5) is 8.89. The zero-order valence-corrected chi connectivity index (χ0v) is 12.7. The van der Waals surface area contributed by atoms with E-state index in [1.807, 2.05) is 13.0 Å². The average Bonchev–Trinajstić information content (AvgIpc) is 2.42. The molecule has 1 aromatic rings. The van der Waals surface area contributed by atoms with Gasteiger partial charge in [0.15, 0.2) is 0 Å². The van der Waals surface area contributed by atoms with Crippen LogP contribution in [0.1, 0.15) is 62.4 Å². The van der Waals surface area contributed by atoms with Crippen LogP contribution in [0.25, 0.3) is 0 Å². The van der Waals surface area contributed by atoms with E-state index in [4.69, 9.17) is 0 Å². The van der Waals surface area contributed by atoms with Crippen LogP contribution in [0.5, 0.6) is 0 Å². The van der Waals surface area contributed by atoms with Crippen molar-refractivity contribution in [2.24, 2.45) is 0 Å². The van der Waals surface area contributed by atoms with Crippen LogP contribution < -0.4 is 5.32 Å². The second kappa shape index (κ2) is 5.89. The van der Waals surface area contributed by atoms with Crippen LogP contribution in [-0.2, 0) is 0 Å². The Hall–Kier alpha value is -1.20. The van der Waals surface area contributed by atoms with Gasteiger partial charge in [0.25, 0.3) is 0 Å². The van der Waals surface area contributed by atoms with E-state index in [0.29, 0.717) is 12.5 Å². The lowest BCUT2D eigenvalue weighted by Crippen LogP contribution is -2.39. The molecule has 3 N–H and O–H groups in total. The normalized spacial score (nSPS) is 28.0. The Morgan fingerprint density at radius 2 is 1.95 bits per heavy atom. The minimum absolute atomic E-state index is 0.176. The molecule has 0 radical (unpaired) electrons. The van der Waals surface area contributed by atoms with E-state index in [0.717, 1.165) is 55.9 Å². The van der Waals surface area contributed by atoms with Gasteiger partial charge in [-0.3, -0.25) is 0 Å². The quantitative estimate of drug-likeness (QED) is 0.792. The van der Waals surface area contributed by atoms with Crippen LogP contribution in [0.15, 0.2) is 6.07 Å². The smallest absolute Gasteiger partial charge is 0.130 e. The zero-order valence-electron chi connectivity index (χ0n) is 12.7. The van der Waals surface area contributed by atoms with Gasteiger partial charge in [-0.2, -0.15) is 0 Å². The number of nitrogens with zero attached hydrogens (tertiary/aromatic N) is 2. The van der Waals surface area contributed by atoms with Crippen LogP contribution in [0.3, 0.4) is 0 Å². The first-order valence-corrected chi connectivity index (χ1v) is 8.04. The number of hydrogen-bond donors (Lipinski definition) is 3. The van der Waals surface area contributed by atoms with Gasteiger partial charge < -0.3 is 15.5 Å². The number of anilines is 1. The largest absolute Gasteiger partial charge is 0.393 e. The van der Waals surface area contributed by atoms with Crippen molar-refractivity contribution in [2.45, 2.75) is 69.5 Å². The molecular formula is C16H25N3O2. The number of aromatic nitrogens is 2. The summed E-state index contributed by atoms with van der Waals surface area (Å²) in [6.07, 6.45) is 6.57. The predicted molar refractivity (Wildman–Crippen MR) is 81.3 cm³/mol. The molecule has 5 nitrogen and oxygen atoms in total. The monoisotopic (exact) mass is 291 g/mol. The maximum absolute atomic E-state index is 10.5. The van der Waals surface area contributed by atoms with E-state index in [1.54, 1.807) is 0 Å². The van der Waals surface area contributed by atoms with E-state index < -0.39 is 5.60 Å². The van der Waals surface area contributed by atoms with Crippen LogP contribution in [-0.4, -0.2) is 38.4 Å². The van der Waals surface area contributed by atoms with E-state index in [-0.39, 0.29) is 6.10 Å². The molecule has 116 valence electrons. The molecule has 2 fully saturated rings.